The SMILES string of the molecule is CCCCCCCCCCCCCCCCCCCCCCCCCCCCCCCCC(=O)OCC(COC(=O)CCCCCCCCC)OC(=O)CCCCCCCCCCCCCCCCCCCCCC. The molecule has 75 heavy (non-hydrogen) atoms. The molecule has 1 atom stereocenters. The van der Waals surface area contributed by atoms with E-state index in [4.69, 9.17) is 14.2 Å². The summed E-state index contributed by atoms with van der Waals surface area (Å²) in [7, 11) is 0. The molecule has 0 aromatic carbocycles. The van der Waals surface area contributed by atoms with E-state index in [9.17, 15) is 14.4 Å². The van der Waals surface area contributed by atoms with Gasteiger partial charge in [0.2, 0.25) is 0 Å². The van der Waals surface area contributed by atoms with Crippen molar-refractivity contribution in [1.29, 1.82) is 0 Å². The molecule has 0 rings (SSSR count). The van der Waals surface area contributed by atoms with E-state index in [2.05, 4.69) is 20.8 Å². The molecule has 0 aliphatic carbocycles. The first kappa shape index (κ1) is 73.4. The molecule has 0 aliphatic rings. The Morgan fingerprint density at radius 1 is 0.213 bits per heavy atom. The van der Waals surface area contributed by atoms with Crippen molar-refractivity contribution < 1.29 is 28.6 Å². The molecule has 0 spiro atoms. The maximum Gasteiger partial charge on any atom is 0.306 e. The van der Waals surface area contributed by atoms with E-state index >= 15 is 0 Å². The third-order valence-electron chi connectivity index (χ3n) is 16.1. The second kappa shape index (κ2) is 64.9. The largest absolute Gasteiger partial charge is 0.462 e. The molecule has 0 radical (unpaired) electrons. The quantitative estimate of drug-likeness (QED) is 0.0343. The van der Waals surface area contributed by atoms with Gasteiger partial charge in [-0.3, -0.25) is 14.4 Å². The molecular weight excluding hydrogens is 925 g/mol. The molecule has 0 saturated carbocycles. The van der Waals surface area contributed by atoms with Gasteiger partial charge in [0, 0.05) is 19.3 Å². The van der Waals surface area contributed by atoms with E-state index in [1.165, 1.54) is 308 Å². The molecule has 446 valence electrons. The van der Waals surface area contributed by atoms with Gasteiger partial charge in [0.05, 0.1) is 0 Å². The Balaban J connectivity index is 3.96. The van der Waals surface area contributed by atoms with Gasteiger partial charge >= 0.3 is 17.9 Å². The van der Waals surface area contributed by atoms with E-state index in [0.717, 1.165) is 57.8 Å². The highest BCUT2D eigenvalue weighted by molar-refractivity contribution is 5.71. The number of carbonyl (C=O) groups excluding carboxylic acids is 3. The Bertz CT molecular complexity index is 1120. The van der Waals surface area contributed by atoms with Crippen LogP contribution in [0.4, 0.5) is 0 Å². The van der Waals surface area contributed by atoms with E-state index in [-0.39, 0.29) is 31.1 Å². The topological polar surface area (TPSA) is 78.9 Å². The van der Waals surface area contributed by atoms with Crippen LogP contribution in [0.2, 0.25) is 0 Å². The molecule has 0 aliphatic heterocycles. The summed E-state index contributed by atoms with van der Waals surface area (Å²) in [5, 5.41) is 0. The van der Waals surface area contributed by atoms with Crippen LogP contribution < -0.4 is 0 Å². The highest BCUT2D eigenvalue weighted by atomic mass is 16.6. The zero-order chi connectivity index (χ0) is 54.3. The summed E-state index contributed by atoms with van der Waals surface area (Å²) >= 11 is 0. The van der Waals surface area contributed by atoms with Crippen LogP contribution in [0.15, 0.2) is 0 Å². The smallest absolute Gasteiger partial charge is 0.306 e. The zero-order valence-electron chi connectivity index (χ0n) is 51.4. The van der Waals surface area contributed by atoms with E-state index in [1.54, 1.807) is 0 Å². The van der Waals surface area contributed by atoms with Gasteiger partial charge in [-0.1, -0.05) is 367 Å². The molecular formula is C69H134O6. The van der Waals surface area contributed by atoms with Gasteiger partial charge in [0.15, 0.2) is 6.10 Å². The van der Waals surface area contributed by atoms with Gasteiger partial charge in [0.1, 0.15) is 13.2 Å². The van der Waals surface area contributed by atoms with Crippen LogP contribution in [0.1, 0.15) is 406 Å². The molecule has 0 aromatic heterocycles. The lowest BCUT2D eigenvalue weighted by molar-refractivity contribution is -0.167. The van der Waals surface area contributed by atoms with E-state index < -0.39 is 6.10 Å². The third kappa shape index (κ3) is 63.1. The van der Waals surface area contributed by atoms with Gasteiger partial charge in [-0.05, 0) is 19.3 Å². The van der Waals surface area contributed by atoms with Crippen LogP contribution in [0.25, 0.3) is 0 Å². The standard InChI is InChI=1S/C69H134O6/c1-4-7-10-13-16-18-20-22-24-26-28-30-31-32-33-34-35-36-37-38-39-41-42-44-46-48-50-53-56-59-62-68(71)74-65-66(64-73-67(70)61-58-55-52-15-12-9-6-3)75-69(72)63-60-57-54-51-49-47-45-43-40-29-27-25-23-21-19-17-14-11-8-5-2/h66H,4-65H2,1-3H3. The van der Waals surface area contributed by atoms with Crippen molar-refractivity contribution in [3.05, 3.63) is 0 Å². The minimum absolute atomic E-state index is 0.0614. The minimum atomic E-state index is -0.761. The molecule has 0 heterocycles. The minimum Gasteiger partial charge on any atom is -0.462 e. The van der Waals surface area contributed by atoms with Crippen molar-refractivity contribution >= 4 is 17.9 Å². The van der Waals surface area contributed by atoms with Gasteiger partial charge in [-0.2, -0.15) is 0 Å². The lowest BCUT2D eigenvalue weighted by Crippen LogP contribution is -2.30. The maximum atomic E-state index is 12.9. The fourth-order valence-electron chi connectivity index (χ4n) is 10.9. The van der Waals surface area contributed by atoms with Crippen LogP contribution in [0.3, 0.4) is 0 Å². The van der Waals surface area contributed by atoms with Crippen molar-refractivity contribution in [3.8, 4) is 0 Å². The predicted octanol–water partition coefficient (Wildman–Crippen LogP) is 23.5. The first-order valence-electron chi connectivity index (χ1n) is 34.5. The van der Waals surface area contributed by atoms with Crippen molar-refractivity contribution in [2.24, 2.45) is 0 Å². The van der Waals surface area contributed by atoms with Crippen LogP contribution in [-0.4, -0.2) is 37.2 Å². The van der Waals surface area contributed by atoms with Gasteiger partial charge in [-0.25, -0.2) is 0 Å². The lowest BCUT2D eigenvalue weighted by Gasteiger charge is -2.18. The molecule has 0 bridgehead atoms. The van der Waals surface area contributed by atoms with Crippen LogP contribution >= 0.6 is 0 Å². The summed E-state index contributed by atoms with van der Waals surface area (Å²) in [5.74, 6) is -0.835. The Kier molecular flexibility index (Phi) is 63.6. The van der Waals surface area contributed by atoms with Crippen molar-refractivity contribution in [3.63, 3.8) is 0 Å². The van der Waals surface area contributed by atoms with E-state index in [1.807, 2.05) is 0 Å². The summed E-state index contributed by atoms with van der Waals surface area (Å²) in [6, 6.07) is 0. The Hall–Kier alpha value is -1.59. The van der Waals surface area contributed by atoms with Crippen molar-refractivity contribution in [2.75, 3.05) is 13.2 Å². The van der Waals surface area contributed by atoms with Crippen LogP contribution in [0, 0.1) is 0 Å². The summed E-state index contributed by atoms with van der Waals surface area (Å²) < 4.78 is 16.9. The summed E-state index contributed by atoms with van der Waals surface area (Å²) in [5.41, 5.74) is 0. The van der Waals surface area contributed by atoms with Crippen LogP contribution in [0.5, 0.6) is 0 Å². The lowest BCUT2D eigenvalue weighted by atomic mass is 10.0. The Morgan fingerprint density at radius 3 is 0.533 bits per heavy atom. The second-order valence-electron chi connectivity index (χ2n) is 23.8. The third-order valence-corrected chi connectivity index (χ3v) is 16.1. The number of hydrogen-bond acceptors (Lipinski definition) is 6. The highest BCUT2D eigenvalue weighted by Crippen LogP contribution is 2.19. The van der Waals surface area contributed by atoms with Crippen molar-refractivity contribution in [2.45, 2.75) is 412 Å². The average molecular weight is 1060 g/mol. The van der Waals surface area contributed by atoms with Crippen molar-refractivity contribution in [1.82, 2.24) is 0 Å². The number of ether oxygens (including phenoxy) is 3. The molecule has 0 amide bonds. The monoisotopic (exact) mass is 1060 g/mol. The zero-order valence-corrected chi connectivity index (χ0v) is 51.4. The number of esters is 3. The summed E-state index contributed by atoms with van der Waals surface area (Å²) in [6.07, 6.45) is 76.0. The summed E-state index contributed by atoms with van der Waals surface area (Å²) in [4.78, 5) is 38.1. The number of unbranched alkanes of at least 4 members (excludes halogenated alkanes) is 54. The van der Waals surface area contributed by atoms with Gasteiger partial charge in [-0.15, -0.1) is 0 Å². The molecule has 0 fully saturated rings. The van der Waals surface area contributed by atoms with Gasteiger partial charge in [0.25, 0.3) is 0 Å². The predicted molar refractivity (Wildman–Crippen MR) is 326 cm³/mol. The molecule has 1 unspecified atom stereocenters. The highest BCUT2D eigenvalue weighted by Gasteiger charge is 2.19. The second-order valence-corrected chi connectivity index (χ2v) is 23.8. The fourth-order valence-corrected chi connectivity index (χ4v) is 10.9. The number of hydrogen-bond donors (Lipinski definition) is 0. The maximum absolute atomic E-state index is 12.9. The van der Waals surface area contributed by atoms with Gasteiger partial charge < -0.3 is 14.2 Å². The Labute approximate surface area is 469 Å². The number of rotatable bonds is 65. The number of carbonyl (C=O) groups is 3. The Morgan fingerprint density at radius 2 is 0.360 bits per heavy atom. The first-order chi connectivity index (χ1) is 37.0. The fraction of sp³-hybridized carbons (Fsp3) is 0.957. The average Bonchev–Trinajstić information content (AvgIpc) is 3.41. The molecule has 0 aromatic rings. The van der Waals surface area contributed by atoms with Crippen LogP contribution in [-0.2, 0) is 28.6 Å². The molecule has 6 heteroatoms. The summed E-state index contributed by atoms with van der Waals surface area (Å²) in [6.45, 7) is 6.69. The molecule has 6 nitrogen and oxygen atoms in total. The normalized spacial score (nSPS) is 11.9. The first-order valence-corrected chi connectivity index (χ1v) is 34.5. The molecule has 0 saturated heterocycles. The molecule has 0 N–H and O–H groups in total. The van der Waals surface area contributed by atoms with E-state index in [0.29, 0.717) is 19.3 Å².